The normalized spacial score (nSPS) is 14.3. The number of nitrogens with one attached hydrogen (secondary N) is 1. The van der Waals surface area contributed by atoms with Crippen molar-refractivity contribution >= 4 is 39.1 Å². The van der Waals surface area contributed by atoms with Gasteiger partial charge in [-0.05, 0) is 66.4 Å². The van der Waals surface area contributed by atoms with Crippen molar-refractivity contribution in [3.8, 4) is 0 Å². The summed E-state index contributed by atoms with van der Waals surface area (Å²) in [5, 5.41) is 3.48. The van der Waals surface area contributed by atoms with Gasteiger partial charge in [-0.25, -0.2) is 12.8 Å². The SMILES string of the molecule is O=C(NC1CCCCC1)[C@H](Cc1ccccc1)N(Cc1ccc(F)cc1)C(=O)CN(c1cccc(Cl)c1)S(=O)(=O)c1ccccc1. The van der Waals surface area contributed by atoms with Gasteiger partial charge in [0, 0.05) is 24.0 Å². The Morgan fingerprint density at radius 2 is 1.48 bits per heavy atom. The molecule has 0 bridgehead atoms. The molecule has 1 aliphatic carbocycles. The first-order valence-corrected chi connectivity index (χ1v) is 17.2. The maximum absolute atomic E-state index is 14.5. The largest absolute Gasteiger partial charge is 0.352 e. The lowest BCUT2D eigenvalue weighted by molar-refractivity contribution is -0.140. The molecule has 1 saturated carbocycles. The van der Waals surface area contributed by atoms with Crippen molar-refractivity contribution in [2.75, 3.05) is 10.8 Å². The first-order chi connectivity index (χ1) is 22.2. The minimum absolute atomic E-state index is 0.00346. The zero-order chi connectivity index (χ0) is 32.5. The van der Waals surface area contributed by atoms with Gasteiger partial charge >= 0.3 is 0 Å². The fourth-order valence-electron chi connectivity index (χ4n) is 5.76. The molecular weight excluding hydrogens is 625 g/mol. The number of benzene rings is 4. The second kappa shape index (κ2) is 15.4. The Labute approximate surface area is 275 Å². The molecule has 1 atom stereocenters. The Balaban J connectivity index is 1.55. The maximum Gasteiger partial charge on any atom is 0.264 e. The molecule has 7 nitrogen and oxygen atoms in total. The van der Waals surface area contributed by atoms with Crippen molar-refractivity contribution in [2.24, 2.45) is 0 Å². The van der Waals surface area contributed by atoms with Gasteiger partial charge in [0.15, 0.2) is 0 Å². The first kappa shape index (κ1) is 33.2. The number of carbonyl (C=O) groups is 2. The van der Waals surface area contributed by atoms with Crippen molar-refractivity contribution < 1.29 is 22.4 Å². The smallest absolute Gasteiger partial charge is 0.264 e. The number of anilines is 1. The summed E-state index contributed by atoms with van der Waals surface area (Å²) in [6.45, 7) is -0.635. The zero-order valence-corrected chi connectivity index (χ0v) is 27.0. The van der Waals surface area contributed by atoms with Crippen LogP contribution in [-0.2, 0) is 32.6 Å². The molecule has 0 spiro atoms. The zero-order valence-electron chi connectivity index (χ0n) is 25.4. The van der Waals surface area contributed by atoms with Gasteiger partial charge in [-0.3, -0.25) is 13.9 Å². The Kier molecular flexibility index (Phi) is 11.1. The van der Waals surface area contributed by atoms with E-state index in [9.17, 15) is 22.4 Å². The summed E-state index contributed by atoms with van der Waals surface area (Å²) >= 11 is 6.28. The van der Waals surface area contributed by atoms with Gasteiger partial charge in [-0.2, -0.15) is 0 Å². The summed E-state index contributed by atoms with van der Waals surface area (Å²) in [5.41, 5.74) is 1.64. The number of hydrogen-bond donors (Lipinski definition) is 1. The van der Waals surface area contributed by atoms with E-state index in [0.717, 1.165) is 42.0 Å². The lowest BCUT2D eigenvalue weighted by atomic mass is 9.94. The quantitative estimate of drug-likeness (QED) is 0.182. The summed E-state index contributed by atoms with van der Waals surface area (Å²) in [6, 6.07) is 28.2. The molecule has 5 rings (SSSR count). The van der Waals surface area contributed by atoms with Crippen LogP contribution < -0.4 is 9.62 Å². The van der Waals surface area contributed by atoms with E-state index in [1.807, 2.05) is 30.3 Å². The number of halogens is 2. The topological polar surface area (TPSA) is 86.8 Å². The predicted molar refractivity (Wildman–Crippen MR) is 178 cm³/mol. The van der Waals surface area contributed by atoms with Crippen LogP contribution >= 0.6 is 11.6 Å². The van der Waals surface area contributed by atoms with Crippen molar-refractivity contribution in [3.63, 3.8) is 0 Å². The highest BCUT2D eigenvalue weighted by atomic mass is 35.5. The standard InChI is InChI=1S/C36H37ClFN3O4S/c37-29-13-10-16-32(24-29)41(46(44,45)33-17-8-3-9-18-33)26-35(42)40(25-28-19-21-30(38)22-20-28)34(23-27-11-4-1-5-12-27)36(43)39-31-14-6-2-7-15-31/h1,3-5,8-13,16-22,24,31,34H,2,6-7,14-15,23,25-26H2,(H,39,43)/t34-/m0/s1. The second-order valence-corrected chi connectivity index (χ2v) is 13.8. The van der Waals surface area contributed by atoms with E-state index in [2.05, 4.69) is 5.32 Å². The molecule has 240 valence electrons. The lowest BCUT2D eigenvalue weighted by Crippen LogP contribution is -2.55. The van der Waals surface area contributed by atoms with E-state index < -0.39 is 34.3 Å². The van der Waals surface area contributed by atoms with Gasteiger partial charge in [0.2, 0.25) is 11.8 Å². The van der Waals surface area contributed by atoms with Gasteiger partial charge in [0.05, 0.1) is 10.6 Å². The fourth-order valence-corrected chi connectivity index (χ4v) is 7.38. The average molecular weight is 662 g/mol. The molecule has 0 saturated heterocycles. The molecule has 2 amide bonds. The Hall–Kier alpha value is -4.21. The minimum atomic E-state index is -4.23. The molecular formula is C36H37ClFN3O4S. The highest BCUT2D eigenvalue weighted by molar-refractivity contribution is 7.92. The van der Waals surface area contributed by atoms with Gasteiger partial charge in [-0.1, -0.05) is 97.6 Å². The lowest BCUT2D eigenvalue weighted by Gasteiger charge is -2.35. The molecule has 0 radical (unpaired) electrons. The van der Waals surface area contributed by atoms with Crippen LogP contribution in [0.1, 0.15) is 43.2 Å². The molecule has 10 heteroatoms. The summed E-state index contributed by atoms with van der Waals surface area (Å²) in [7, 11) is -4.23. The van der Waals surface area contributed by atoms with Crippen molar-refractivity contribution in [1.82, 2.24) is 10.2 Å². The molecule has 4 aromatic rings. The third-order valence-corrected chi connectivity index (χ3v) is 10.2. The molecule has 0 aromatic heterocycles. The minimum Gasteiger partial charge on any atom is -0.352 e. The van der Waals surface area contributed by atoms with Gasteiger partial charge in [0.25, 0.3) is 10.0 Å². The van der Waals surface area contributed by atoms with E-state index in [0.29, 0.717) is 10.6 Å². The predicted octanol–water partition coefficient (Wildman–Crippen LogP) is 6.76. The van der Waals surface area contributed by atoms with E-state index in [1.165, 1.54) is 35.2 Å². The Morgan fingerprint density at radius 3 is 2.13 bits per heavy atom. The van der Waals surface area contributed by atoms with Crippen molar-refractivity contribution in [3.05, 3.63) is 131 Å². The highest BCUT2D eigenvalue weighted by Gasteiger charge is 2.35. The van der Waals surface area contributed by atoms with Crippen LogP contribution in [0.2, 0.25) is 5.02 Å². The van der Waals surface area contributed by atoms with Crippen LogP contribution in [0.15, 0.2) is 114 Å². The summed E-state index contributed by atoms with van der Waals surface area (Å²) < 4.78 is 43.0. The van der Waals surface area contributed by atoms with Crippen LogP contribution in [0.25, 0.3) is 0 Å². The Bertz CT molecular complexity index is 1720. The molecule has 1 fully saturated rings. The summed E-state index contributed by atoms with van der Waals surface area (Å²) in [6.07, 6.45) is 5.05. The van der Waals surface area contributed by atoms with Gasteiger partial charge in [-0.15, -0.1) is 0 Å². The summed E-state index contributed by atoms with van der Waals surface area (Å²) in [5.74, 6) is -1.34. The number of rotatable bonds is 12. The van der Waals surface area contributed by atoms with E-state index >= 15 is 0 Å². The average Bonchev–Trinajstić information content (AvgIpc) is 3.07. The number of nitrogens with zero attached hydrogens (tertiary/aromatic N) is 2. The van der Waals surface area contributed by atoms with Crippen LogP contribution in [0.5, 0.6) is 0 Å². The number of amides is 2. The second-order valence-electron chi connectivity index (χ2n) is 11.5. The monoisotopic (exact) mass is 661 g/mol. The fraction of sp³-hybridized carbons (Fsp3) is 0.278. The molecule has 0 unspecified atom stereocenters. The molecule has 4 aromatic carbocycles. The molecule has 0 aliphatic heterocycles. The number of hydrogen-bond acceptors (Lipinski definition) is 4. The molecule has 1 N–H and O–H groups in total. The van der Waals surface area contributed by atoms with Crippen LogP contribution in [0.4, 0.5) is 10.1 Å². The third-order valence-electron chi connectivity index (χ3n) is 8.20. The first-order valence-electron chi connectivity index (χ1n) is 15.4. The van der Waals surface area contributed by atoms with E-state index in [1.54, 1.807) is 48.5 Å². The van der Waals surface area contributed by atoms with E-state index in [-0.39, 0.29) is 35.5 Å². The molecule has 0 heterocycles. The van der Waals surface area contributed by atoms with Crippen LogP contribution in [0, 0.1) is 5.82 Å². The maximum atomic E-state index is 14.5. The highest BCUT2D eigenvalue weighted by Crippen LogP contribution is 2.27. The molecule has 46 heavy (non-hydrogen) atoms. The number of sulfonamides is 1. The summed E-state index contributed by atoms with van der Waals surface area (Å²) in [4.78, 5) is 30.0. The van der Waals surface area contributed by atoms with Crippen LogP contribution in [-0.4, -0.2) is 43.8 Å². The Morgan fingerprint density at radius 1 is 0.826 bits per heavy atom. The van der Waals surface area contributed by atoms with Gasteiger partial charge < -0.3 is 10.2 Å². The van der Waals surface area contributed by atoms with Gasteiger partial charge in [0.1, 0.15) is 18.4 Å². The van der Waals surface area contributed by atoms with E-state index in [4.69, 9.17) is 11.6 Å². The van der Waals surface area contributed by atoms with Crippen LogP contribution in [0.3, 0.4) is 0 Å². The van der Waals surface area contributed by atoms with Crippen molar-refractivity contribution in [1.29, 1.82) is 0 Å². The van der Waals surface area contributed by atoms with Crippen molar-refractivity contribution in [2.45, 2.75) is 62.0 Å². The molecule has 1 aliphatic rings. The third kappa shape index (κ3) is 8.53. The number of carbonyl (C=O) groups excluding carboxylic acids is 2.